The molecule has 0 nitrogen and oxygen atoms in total. The van der Waals surface area contributed by atoms with E-state index < -0.39 is 0 Å². The van der Waals surface area contributed by atoms with Crippen molar-refractivity contribution in [3.63, 3.8) is 0 Å². The molecule has 0 aliphatic rings. The van der Waals surface area contributed by atoms with Crippen LogP contribution in [0.2, 0.25) is 0 Å². The highest BCUT2D eigenvalue weighted by Crippen LogP contribution is 2.31. The molecule has 0 radical (unpaired) electrons. The minimum Gasteiger partial charge on any atom is -0.0654 e. The minimum atomic E-state index is 0.977. The van der Waals surface area contributed by atoms with Gasteiger partial charge in [-0.15, -0.1) is 0 Å². The third-order valence-corrected chi connectivity index (χ3v) is 4.58. The summed E-state index contributed by atoms with van der Waals surface area (Å²) in [4.78, 5) is 0. The summed E-state index contributed by atoms with van der Waals surface area (Å²) in [6.45, 7) is 11.8. The van der Waals surface area contributed by atoms with Crippen molar-refractivity contribution in [1.29, 1.82) is 0 Å². The van der Waals surface area contributed by atoms with E-state index in [0.29, 0.717) is 0 Å². The van der Waals surface area contributed by atoms with Gasteiger partial charge in [0.25, 0.3) is 0 Å². The topological polar surface area (TPSA) is 0 Å². The van der Waals surface area contributed by atoms with Crippen molar-refractivity contribution in [1.82, 2.24) is 0 Å². The maximum Gasteiger partial charge on any atom is -0.0409 e. The predicted octanol–water partition coefficient (Wildman–Crippen LogP) is 6.84. The van der Waals surface area contributed by atoms with Crippen LogP contribution in [0.25, 0.3) is 0 Å². The number of hydrogen-bond acceptors (Lipinski definition) is 0. The quantitative estimate of drug-likeness (QED) is 0.358. The van der Waals surface area contributed by atoms with E-state index in [-0.39, 0.29) is 0 Å². The summed E-state index contributed by atoms with van der Waals surface area (Å²) in [7, 11) is 0. The van der Waals surface area contributed by atoms with Gasteiger partial charge in [-0.3, -0.25) is 0 Å². The van der Waals surface area contributed by atoms with Crippen LogP contribution >= 0.6 is 0 Å². The largest absolute Gasteiger partial charge is 0.0654 e. The van der Waals surface area contributed by atoms with Gasteiger partial charge in [0.1, 0.15) is 0 Å². The van der Waals surface area contributed by atoms with Gasteiger partial charge in [0.2, 0.25) is 0 Å². The van der Waals surface area contributed by atoms with Gasteiger partial charge >= 0.3 is 0 Å². The Balaban J connectivity index is 4.27. The van der Waals surface area contributed by atoms with Crippen LogP contribution < -0.4 is 0 Å². The molecular weight excluding hydrogens is 216 g/mol. The van der Waals surface area contributed by atoms with Crippen LogP contribution in [0.15, 0.2) is 0 Å². The smallest absolute Gasteiger partial charge is 0.0409 e. The van der Waals surface area contributed by atoms with Crippen molar-refractivity contribution in [3.05, 3.63) is 0 Å². The monoisotopic (exact) mass is 254 g/mol. The Morgan fingerprint density at radius 2 is 0.889 bits per heavy atom. The Bertz CT molecular complexity index is 151. The van der Waals surface area contributed by atoms with Crippen molar-refractivity contribution < 1.29 is 0 Å². The standard InChI is InChI=1S/C18H38/c1-6-11-17(12-7-2)15-18(13-8-3)14-16(9-4)10-5/h16-18H,6-15H2,1-5H3. The lowest BCUT2D eigenvalue weighted by Crippen LogP contribution is -2.13. The van der Waals surface area contributed by atoms with Gasteiger partial charge < -0.3 is 0 Å². The van der Waals surface area contributed by atoms with Gasteiger partial charge in [-0.2, -0.15) is 0 Å². The Labute approximate surface area is 117 Å². The van der Waals surface area contributed by atoms with Gasteiger partial charge in [0.05, 0.1) is 0 Å². The predicted molar refractivity (Wildman–Crippen MR) is 85.0 cm³/mol. The molecule has 110 valence electrons. The first-order valence-electron chi connectivity index (χ1n) is 8.71. The van der Waals surface area contributed by atoms with Crippen LogP contribution in [0, 0.1) is 17.8 Å². The molecule has 0 aromatic carbocycles. The maximum atomic E-state index is 2.37. The van der Waals surface area contributed by atoms with Crippen molar-refractivity contribution in [2.45, 2.75) is 98.8 Å². The molecule has 0 heterocycles. The number of rotatable bonds is 12. The van der Waals surface area contributed by atoms with Crippen LogP contribution in [0.3, 0.4) is 0 Å². The molecule has 0 aliphatic carbocycles. The minimum absolute atomic E-state index is 0.977. The van der Waals surface area contributed by atoms with E-state index in [9.17, 15) is 0 Å². The zero-order chi connectivity index (χ0) is 13.8. The fourth-order valence-electron chi connectivity index (χ4n) is 3.50. The third-order valence-electron chi connectivity index (χ3n) is 4.58. The summed E-state index contributed by atoms with van der Waals surface area (Å²) >= 11 is 0. The normalized spacial score (nSPS) is 13.5. The van der Waals surface area contributed by atoms with E-state index in [0.717, 1.165) is 17.8 Å². The zero-order valence-corrected chi connectivity index (χ0v) is 13.8. The SMILES string of the molecule is CCCC(CCC)CC(CCC)CC(CC)CC. The molecule has 0 amide bonds. The van der Waals surface area contributed by atoms with Gasteiger partial charge in [0, 0.05) is 0 Å². The van der Waals surface area contributed by atoms with E-state index >= 15 is 0 Å². The molecular formula is C18H38. The second-order valence-corrected chi connectivity index (χ2v) is 6.25. The average molecular weight is 255 g/mol. The Morgan fingerprint density at radius 3 is 1.28 bits per heavy atom. The van der Waals surface area contributed by atoms with E-state index in [1.807, 2.05) is 0 Å². The summed E-state index contributed by atoms with van der Waals surface area (Å²) in [6.07, 6.45) is 14.2. The lowest BCUT2D eigenvalue weighted by Gasteiger charge is -2.26. The number of hydrogen-bond donors (Lipinski definition) is 0. The van der Waals surface area contributed by atoms with Crippen LogP contribution in [-0.2, 0) is 0 Å². The first kappa shape index (κ1) is 18.0. The molecule has 1 atom stereocenters. The highest BCUT2D eigenvalue weighted by Gasteiger charge is 2.18. The van der Waals surface area contributed by atoms with Crippen molar-refractivity contribution in [2.24, 2.45) is 17.8 Å². The molecule has 0 N–H and O–H groups in total. The van der Waals surface area contributed by atoms with E-state index in [4.69, 9.17) is 0 Å². The van der Waals surface area contributed by atoms with Gasteiger partial charge in [0.15, 0.2) is 0 Å². The first-order chi connectivity index (χ1) is 8.71. The lowest BCUT2D eigenvalue weighted by molar-refractivity contribution is 0.261. The summed E-state index contributed by atoms with van der Waals surface area (Å²) in [5.74, 6) is 2.99. The second kappa shape index (κ2) is 12.1. The molecule has 0 saturated heterocycles. The summed E-state index contributed by atoms with van der Waals surface area (Å²) in [6, 6.07) is 0. The molecule has 1 unspecified atom stereocenters. The van der Waals surface area contributed by atoms with Crippen molar-refractivity contribution >= 4 is 0 Å². The fraction of sp³-hybridized carbons (Fsp3) is 1.00. The van der Waals surface area contributed by atoms with Crippen LogP contribution in [-0.4, -0.2) is 0 Å². The van der Waals surface area contributed by atoms with Crippen molar-refractivity contribution in [2.75, 3.05) is 0 Å². The zero-order valence-electron chi connectivity index (χ0n) is 13.8. The molecule has 0 heteroatoms. The molecule has 0 saturated carbocycles. The molecule has 0 aromatic rings. The molecule has 0 spiro atoms. The first-order valence-corrected chi connectivity index (χ1v) is 8.71. The van der Waals surface area contributed by atoms with E-state index in [2.05, 4.69) is 34.6 Å². The second-order valence-electron chi connectivity index (χ2n) is 6.25. The van der Waals surface area contributed by atoms with Crippen LogP contribution in [0.4, 0.5) is 0 Å². The highest BCUT2D eigenvalue weighted by molar-refractivity contribution is 4.70. The molecule has 0 fully saturated rings. The Hall–Kier alpha value is 0. The average Bonchev–Trinajstić information content (AvgIpc) is 2.36. The maximum absolute atomic E-state index is 2.37. The van der Waals surface area contributed by atoms with Crippen molar-refractivity contribution in [3.8, 4) is 0 Å². The molecule has 0 aliphatic heterocycles. The molecule has 0 bridgehead atoms. The van der Waals surface area contributed by atoms with Gasteiger partial charge in [-0.1, -0.05) is 86.0 Å². The van der Waals surface area contributed by atoms with Gasteiger partial charge in [-0.05, 0) is 30.6 Å². The summed E-state index contributed by atoms with van der Waals surface area (Å²) in [5.41, 5.74) is 0. The van der Waals surface area contributed by atoms with Gasteiger partial charge in [-0.25, -0.2) is 0 Å². The molecule has 18 heavy (non-hydrogen) atoms. The third kappa shape index (κ3) is 8.16. The fourth-order valence-corrected chi connectivity index (χ4v) is 3.50. The molecule has 0 aromatic heterocycles. The lowest BCUT2D eigenvalue weighted by atomic mass is 9.80. The van der Waals surface area contributed by atoms with E-state index in [1.165, 1.54) is 64.2 Å². The molecule has 0 rings (SSSR count). The summed E-state index contributed by atoms with van der Waals surface area (Å²) < 4.78 is 0. The van der Waals surface area contributed by atoms with E-state index in [1.54, 1.807) is 0 Å². The van der Waals surface area contributed by atoms with Crippen LogP contribution in [0.5, 0.6) is 0 Å². The van der Waals surface area contributed by atoms with Crippen LogP contribution in [0.1, 0.15) is 98.8 Å². The Kier molecular flexibility index (Phi) is 12.1. The highest BCUT2D eigenvalue weighted by atomic mass is 14.2. The summed E-state index contributed by atoms with van der Waals surface area (Å²) in [5, 5.41) is 0. The Morgan fingerprint density at radius 1 is 0.500 bits per heavy atom.